The zero-order valence-electron chi connectivity index (χ0n) is 10.9. The predicted molar refractivity (Wildman–Crippen MR) is 80.7 cm³/mol. The van der Waals surface area contributed by atoms with Crippen molar-refractivity contribution in [2.45, 2.75) is 13.3 Å². The summed E-state index contributed by atoms with van der Waals surface area (Å²) >= 11 is 3.32. The van der Waals surface area contributed by atoms with Crippen molar-refractivity contribution < 1.29 is 4.79 Å². The van der Waals surface area contributed by atoms with Crippen LogP contribution in [0.3, 0.4) is 0 Å². The highest BCUT2D eigenvalue weighted by Gasteiger charge is 2.11. The van der Waals surface area contributed by atoms with Crippen LogP contribution in [0.2, 0.25) is 0 Å². The van der Waals surface area contributed by atoms with E-state index < -0.39 is 0 Å². The number of amides is 1. The number of halogens is 1. The van der Waals surface area contributed by atoms with Gasteiger partial charge < -0.3 is 10.6 Å². The summed E-state index contributed by atoms with van der Waals surface area (Å²) in [6.45, 7) is 2.83. The molecule has 0 aliphatic heterocycles. The van der Waals surface area contributed by atoms with Gasteiger partial charge in [-0.1, -0.05) is 6.92 Å². The highest BCUT2D eigenvalue weighted by molar-refractivity contribution is 9.10. The van der Waals surface area contributed by atoms with Crippen LogP contribution in [-0.4, -0.2) is 27.4 Å². The molecule has 0 fully saturated rings. The maximum atomic E-state index is 12.1. The third kappa shape index (κ3) is 3.74. The van der Waals surface area contributed by atoms with Gasteiger partial charge in [-0.15, -0.1) is 0 Å². The monoisotopic (exact) mass is 335 g/mol. The minimum absolute atomic E-state index is 0.239. The Morgan fingerprint density at radius 1 is 1.40 bits per heavy atom. The lowest BCUT2D eigenvalue weighted by atomic mass is 10.4. The Kier molecular flexibility index (Phi) is 5.00. The molecular weight excluding hydrogens is 322 g/mol. The van der Waals surface area contributed by atoms with Crippen molar-refractivity contribution in [2.75, 3.05) is 17.2 Å². The van der Waals surface area contributed by atoms with Crippen molar-refractivity contribution in [1.29, 1.82) is 0 Å². The van der Waals surface area contributed by atoms with E-state index in [1.54, 1.807) is 24.5 Å². The van der Waals surface area contributed by atoms with Crippen LogP contribution >= 0.6 is 15.9 Å². The summed E-state index contributed by atoms with van der Waals surface area (Å²) in [4.78, 5) is 24.4. The summed E-state index contributed by atoms with van der Waals surface area (Å²) in [6.07, 6.45) is 5.58. The Bertz CT molecular complexity index is 605. The minimum Gasteiger partial charge on any atom is -0.369 e. The lowest BCUT2D eigenvalue weighted by Gasteiger charge is -2.07. The van der Waals surface area contributed by atoms with Crippen molar-refractivity contribution in [3.8, 4) is 0 Å². The van der Waals surface area contributed by atoms with Gasteiger partial charge in [0.15, 0.2) is 0 Å². The maximum Gasteiger partial charge on any atom is 0.277 e. The molecule has 0 saturated heterocycles. The molecule has 2 aromatic rings. The molecule has 0 aliphatic rings. The number of nitrogens with zero attached hydrogens (tertiary/aromatic N) is 3. The summed E-state index contributed by atoms with van der Waals surface area (Å²) in [5.74, 6) is 0.683. The lowest BCUT2D eigenvalue weighted by molar-refractivity contribution is 0.102. The van der Waals surface area contributed by atoms with Crippen LogP contribution in [0.1, 0.15) is 23.8 Å². The summed E-state index contributed by atoms with van der Waals surface area (Å²) in [7, 11) is 0. The smallest absolute Gasteiger partial charge is 0.277 e. The molecule has 7 heteroatoms. The summed E-state index contributed by atoms with van der Waals surface area (Å²) in [5, 5.41) is 5.77. The molecule has 0 bridgehead atoms. The molecular formula is C13H14BrN5O. The molecule has 0 spiro atoms. The van der Waals surface area contributed by atoms with Gasteiger partial charge in [0.2, 0.25) is 0 Å². The normalized spacial score (nSPS) is 10.1. The van der Waals surface area contributed by atoms with Crippen LogP contribution in [-0.2, 0) is 0 Å². The van der Waals surface area contributed by atoms with Gasteiger partial charge in [0.25, 0.3) is 5.91 Å². The van der Waals surface area contributed by atoms with E-state index in [9.17, 15) is 4.79 Å². The summed E-state index contributed by atoms with van der Waals surface area (Å²) < 4.78 is 0.710. The fourth-order valence-electron chi connectivity index (χ4n) is 1.46. The molecule has 2 rings (SSSR count). The first-order valence-corrected chi connectivity index (χ1v) is 6.97. The minimum atomic E-state index is -0.350. The van der Waals surface area contributed by atoms with Crippen molar-refractivity contribution in [2.24, 2.45) is 0 Å². The quantitative estimate of drug-likeness (QED) is 0.878. The Labute approximate surface area is 125 Å². The van der Waals surface area contributed by atoms with Gasteiger partial charge in [-0.05, 0) is 34.5 Å². The van der Waals surface area contributed by atoms with E-state index in [-0.39, 0.29) is 11.6 Å². The third-order valence-electron chi connectivity index (χ3n) is 2.41. The Morgan fingerprint density at radius 2 is 2.25 bits per heavy atom. The number of aromatic nitrogens is 3. The second-order valence-electron chi connectivity index (χ2n) is 4.00. The van der Waals surface area contributed by atoms with E-state index >= 15 is 0 Å². The number of nitrogens with one attached hydrogen (secondary N) is 2. The van der Waals surface area contributed by atoms with Gasteiger partial charge in [0.05, 0.1) is 16.9 Å². The first-order chi connectivity index (χ1) is 9.70. The second kappa shape index (κ2) is 6.95. The average Bonchev–Trinajstić information content (AvgIpc) is 2.48. The van der Waals surface area contributed by atoms with Gasteiger partial charge >= 0.3 is 0 Å². The SMILES string of the molecule is CCCNc1cncc(C(=O)Nc2ncccc2Br)n1. The standard InChI is InChI=1S/C13H14BrN5O/c1-2-5-16-11-8-15-7-10(18-11)13(20)19-12-9(14)4-3-6-17-12/h3-4,6-8H,2,5H2,1H3,(H,16,18)(H,17,19,20). The van der Waals surface area contributed by atoms with Crippen LogP contribution in [0.4, 0.5) is 11.6 Å². The number of carbonyl (C=O) groups excluding carboxylic acids is 1. The van der Waals surface area contributed by atoms with Crippen molar-refractivity contribution in [3.05, 3.63) is 40.9 Å². The number of anilines is 2. The van der Waals surface area contributed by atoms with E-state index in [1.807, 2.05) is 0 Å². The first kappa shape index (κ1) is 14.4. The largest absolute Gasteiger partial charge is 0.369 e. The topological polar surface area (TPSA) is 79.8 Å². The molecule has 104 valence electrons. The van der Waals surface area contributed by atoms with Gasteiger partial charge in [-0.25, -0.2) is 9.97 Å². The lowest BCUT2D eigenvalue weighted by Crippen LogP contribution is -2.16. The first-order valence-electron chi connectivity index (χ1n) is 6.18. The van der Waals surface area contributed by atoms with Crippen molar-refractivity contribution in [3.63, 3.8) is 0 Å². The Balaban J connectivity index is 2.11. The molecule has 0 unspecified atom stereocenters. The van der Waals surface area contributed by atoms with Crippen LogP contribution in [0, 0.1) is 0 Å². The Hall–Kier alpha value is -2.02. The molecule has 1 amide bonds. The van der Waals surface area contributed by atoms with E-state index in [4.69, 9.17) is 0 Å². The molecule has 6 nitrogen and oxygen atoms in total. The molecule has 0 aromatic carbocycles. The fourth-order valence-corrected chi connectivity index (χ4v) is 1.82. The molecule has 0 saturated carbocycles. The van der Waals surface area contributed by atoms with Crippen LogP contribution in [0.15, 0.2) is 35.2 Å². The molecule has 0 atom stereocenters. The van der Waals surface area contributed by atoms with E-state index in [0.29, 0.717) is 16.1 Å². The van der Waals surface area contributed by atoms with Crippen LogP contribution < -0.4 is 10.6 Å². The average molecular weight is 336 g/mol. The molecule has 0 radical (unpaired) electrons. The third-order valence-corrected chi connectivity index (χ3v) is 3.05. The number of hydrogen-bond acceptors (Lipinski definition) is 5. The Morgan fingerprint density at radius 3 is 3.00 bits per heavy atom. The number of rotatable bonds is 5. The van der Waals surface area contributed by atoms with Gasteiger partial charge in [-0.2, -0.15) is 0 Å². The number of hydrogen-bond donors (Lipinski definition) is 2. The van der Waals surface area contributed by atoms with Gasteiger partial charge in [-0.3, -0.25) is 9.78 Å². The number of carbonyl (C=O) groups is 1. The second-order valence-corrected chi connectivity index (χ2v) is 4.86. The molecule has 0 aliphatic carbocycles. The van der Waals surface area contributed by atoms with E-state index in [1.165, 1.54) is 6.20 Å². The predicted octanol–water partition coefficient (Wildman–Crippen LogP) is 2.71. The van der Waals surface area contributed by atoms with E-state index in [2.05, 4.69) is 48.4 Å². The van der Waals surface area contributed by atoms with Crippen LogP contribution in [0.25, 0.3) is 0 Å². The fraction of sp³-hybridized carbons (Fsp3) is 0.231. The van der Waals surface area contributed by atoms with Gasteiger partial charge in [0, 0.05) is 12.7 Å². The summed E-state index contributed by atoms with van der Waals surface area (Å²) in [6, 6.07) is 3.57. The molecule has 2 heterocycles. The zero-order valence-corrected chi connectivity index (χ0v) is 12.5. The highest BCUT2D eigenvalue weighted by atomic mass is 79.9. The molecule has 20 heavy (non-hydrogen) atoms. The van der Waals surface area contributed by atoms with Crippen molar-refractivity contribution >= 4 is 33.5 Å². The highest BCUT2D eigenvalue weighted by Crippen LogP contribution is 2.18. The summed E-state index contributed by atoms with van der Waals surface area (Å²) in [5.41, 5.74) is 0.239. The van der Waals surface area contributed by atoms with E-state index in [0.717, 1.165) is 13.0 Å². The number of pyridine rings is 1. The molecule has 2 aromatic heterocycles. The maximum absolute atomic E-state index is 12.1. The van der Waals surface area contributed by atoms with Crippen LogP contribution in [0.5, 0.6) is 0 Å². The zero-order chi connectivity index (χ0) is 14.4. The molecule has 2 N–H and O–H groups in total. The van der Waals surface area contributed by atoms with Crippen molar-refractivity contribution in [1.82, 2.24) is 15.0 Å². The van der Waals surface area contributed by atoms with Gasteiger partial charge in [0.1, 0.15) is 17.3 Å².